The van der Waals surface area contributed by atoms with Gasteiger partial charge in [-0.25, -0.2) is 4.39 Å². The molecule has 1 spiro atoms. The van der Waals surface area contributed by atoms with Gasteiger partial charge in [0.15, 0.2) is 0 Å². The molecule has 1 amide bonds. The molecular weight excluding hydrogens is 313 g/mol. The molecule has 2 nitrogen and oxygen atoms in total. The first kappa shape index (κ1) is 16.3. The number of hydrogen-bond donors (Lipinski definition) is 0. The molecule has 1 aliphatic carbocycles. The lowest BCUT2D eigenvalue weighted by atomic mass is 9.93. The molecule has 4 rings (SSSR count). The summed E-state index contributed by atoms with van der Waals surface area (Å²) in [5, 5.41) is 0. The molecule has 0 unspecified atom stereocenters. The molecule has 2 aliphatic rings. The average molecular weight is 337 g/mol. The van der Waals surface area contributed by atoms with E-state index in [4.69, 9.17) is 0 Å². The second-order valence-electron chi connectivity index (χ2n) is 7.86. The first-order chi connectivity index (χ1) is 12.0. The molecule has 0 aromatic heterocycles. The van der Waals surface area contributed by atoms with Crippen LogP contribution in [0.5, 0.6) is 0 Å². The minimum absolute atomic E-state index is 0.116. The number of carbonyl (C=O) groups is 1. The van der Waals surface area contributed by atoms with Gasteiger partial charge in [-0.05, 0) is 55.2 Å². The summed E-state index contributed by atoms with van der Waals surface area (Å²) in [7, 11) is 0. The van der Waals surface area contributed by atoms with Crippen molar-refractivity contribution in [2.45, 2.75) is 45.6 Å². The highest BCUT2D eigenvalue weighted by Crippen LogP contribution is 2.55. The minimum Gasteiger partial charge on any atom is -0.339 e. The summed E-state index contributed by atoms with van der Waals surface area (Å²) in [5.74, 6) is -0.0258. The van der Waals surface area contributed by atoms with E-state index in [2.05, 4.69) is 0 Å². The predicted octanol–water partition coefficient (Wildman–Crippen LogP) is 4.74. The van der Waals surface area contributed by atoms with Gasteiger partial charge < -0.3 is 4.90 Å². The lowest BCUT2D eigenvalue weighted by Gasteiger charge is -2.24. The molecule has 130 valence electrons. The van der Waals surface area contributed by atoms with Crippen molar-refractivity contribution in [3.63, 3.8) is 0 Å². The van der Waals surface area contributed by atoms with Crippen LogP contribution in [0.25, 0.3) is 11.1 Å². The molecule has 0 N–H and O–H groups in total. The molecular formula is C22H24FNO. The van der Waals surface area contributed by atoms with Crippen LogP contribution in [-0.4, -0.2) is 23.4 Å². The first-order valence-corrected chi connectivity index (χ1v) is 9.09. The maximum Gasteiger partial charge on any atom is 0.219 e. The van der Waals surface area contributed by atoms with Crippen molar-refractivity contribution in [3.8, 4) is 11.1 Å². The van der Waals surface area contributed by atoms with Gasteiger partial charge >= 0.3 is 0 Å². The molecule has 2 fully saturated rings. The minimum atomic E-state index is -0.142. The molecule has 1 heterocycles. The van der Waals surface area contributed by atoms with Crippen LogP contribution < -0.4 is 0 Å². The Morgan fingerprint density at radius 2 is 1.96 bits per heavy atom. The summed E-state index contributed by atoms with van der Waals surface area (Å²) in [6.07, 6.45) is 4.03. The highest BCUT2D eigenvalue weighted by molar-refractivity contribution is 5.74. The van der Waals surface area contributed by atoms with Crippen LogP contribution >= 0.6 is 0 Å². The third kappa shape index (κ3) is 3.08. The molecule has 1 saturated heterocycles. The summed E-state index contributed by atoms with van der Waals surface area (Å²) >= 11 is 0. The molecule has 2 aromatic rings. The summed E-state index contributed by atoms with van der Waals surface area (Å²) < 4.78 is 15.2. The number of rotatable bonds is 3. The third-order valence-electron chi connectivity index (χ3n) is 5.81. The Bertz CT molecular complexity index is 810. The molecule has 0 bridgehead atoms. The zero-order valence-electron chi connectivity index (χ0n) is 14.9. The number of aryl methyl sites for hydroxylation is 1. The molecule has 1 aliphatic heterocycles. The molecule has 0 radical (unpaired) electrons. The standard InChI is InChI=1S/C22H24FNO/c1-15-10-18(21(23)20(11-15)17-6-4-3-5-7-17)12-19-13-22(8-9-22)14-24(19)16(2)25/h3-7,10-11,19H,8-9,12-14H2,1-2H3/t19-/m0/s1. The Kier molecular flexibility index (Phi) is 3.90. The summed E-state index contributed by atoms with van der Waals surface area (Å²) in [4.78, 5) is 14.0. The van der Waals surface area contributed by atoms with Gasteiger partial charge in [-0.3, -0.25) is 4.79 Å². The first-order valence-electron chi connectivity index (χ1n) is 9.09. The molecule has 1 atom stereocenters. The Labute approximate surface area is 148 Å². The molecule has 25 heavy (non-hydrogen) atoms. The smallest absolute Gasteiger partial charge is 0.219 e. The number of benzene rings is 2. The zero-order valence-corrected chi connectivity index (χ0v) is 14.9. The van der Waals surface area contributed by atoms with Gasteiger partial charge in [-0.2, -0.15) is 0 Å². The SMILES string of the molecule is CC(=O)N1CC2(CC2)C[C@@H]1Cc1cc(C)cc(-c2ccccc2)c1F. The normalized spacial score (nSPS) is 20.9. The molecule has 1 saturated carbocycles. The van der Waals surface area contributed by atoms with E-state index in [0.29, 0.717) is 17.4 Å². The van der Waals surface area contributed by atoms with E-state index < -0.39 is 0 Å². The zero-order chi connectivity index (χ0) is 17.6. The van der Waals surface area contributed by atoms with Gasteiger partial charge in [0.05, 0.1) is 0 Å². The van der Waals surface area contributed by atoms with E-state index in [1.807, 2.05) is 54.3 Å². The second-order valence-corrected chi connectivity index (χ2v) is 7.86. The quantitative estimate of drug-likeness (QED) is 0.792. The summed E-state index contributed by atoms with van der Waals surface area (Å²) in [6.45, 7) is 4.50. The van der Waals surface area contributed by atoms with Crippen molar-refractivity contribution in [2.75, 3.05) is 6.54 Å². The highest BCUT2D eigenvalue weighted by Gasteiger charge is 2.52. The van der Waals surface area contributed by atoms with E-state index in [0.717, 1.165) is 29.7 Å². The van der Waals surface area contributed by atoms with Crippen LogP contribution in [0, 0.1) is 18.2 Å². The lowest BCUT2D eigenvalue weighted by Crippen LogP contribution is -2.35. The van der Waals surface area contributed by atoms with E-state index in [9.17, 15) is 4.79 Å². The monoisotopic (exact) mass is 337 g/mol. The summed E-state index contributed by atoms with van der Waals surface area (Å²) in [6, 6.07) is 13.7. The van der Waals surface area contributed by atoms with Crippen LogP contribution in [0.4, 0.5) is 4.39 Å². The largest absolute Gasteiger partial charge is 0.339 e. The average Bonchev–Trinajstić information content (AvgIpc) is 3.24. The fourth-order valence-corrected chi connectivity index (χ4v) is 4.33. The Morgan fingerprint density at radius 3 is 2.60 bits per heavy atom. The number of likely N-dealkylation sites (tertiary alicyclic amines) is 1. The van der Waals surface area contributed by atoms with E-state index in [1.165, 1.54) is 12.8 Å². The van der Waals surface area contributed by atoms with E-state index in [-0.39, 0.29) is 17.8 Å². The van der Waals surface area contributed by atoms with Crippen molar-refractivity contribution in [2.24, 2.45) is 5.41 Å². The van der Waals surface area contributed by atoms with E-state index >= 15 is 4.39 Å². The van der Waals surface area contributed by atoms with Crippen LogP contribution in [-0.2, 0) is 11.2 Å². The third-order valence-corrected chi connectivity index (χ3v) is 5.81. The van der Waals surface area contributed by atoms with Gasteiger partial charge in [0.2, 0.25) is 5.91 Å². The van der Waals surface area contributed by atoms with Crippen molar-refractivity contribution < 1.29 is 9.18 Å². The van der Waals surface area contributed by atoms with Crippen LogP contribution in [0.2, 0.25) is 0 Å². The second kappa shape index (κ2) is 5.98. The lowest BCUT2D eigenvalue weighted by molar-refractivity contribution is -0.129. The van der Waals surface area contributed by atoms with Crippen LogP contribution in [0.3, 0.4) is 0 Å². The van der Waals surface area contributed by atoms with Crippen LogP contribution in [0.1, 0.15) is 37.3 Å². The Morgan fingerprint density at radius 1 is 1.24 bits per heavy atom. The highest BCUT2D eigenvalue weighted by atomic mass is 19.1. The van der Waals surface area contributed by atoms with Gasteiger partial charge in [0, 0.05) is 25.1 Å². The van der Waals surface area contributed by atoms with E-state index in [1.54, 1.807) is 6.92 Å². The number of carbonyl (C=O) groups excluding carboxylic acids is 1. The molecule has 2 aromatic carbocycles. The number of halogens is 1. The van der Waals surface area contributed by atoms with Gasteiger partial charge in [0.1, 0.15) is 5.82 Å². The fraction of sp³-hybridized carbons (Fsp3) is 0.409. The number of hydrogen-bond acceptors (Lipinski definition) is 1. The van der Waals surface area contributed by atoms with Gasteiger partial charge in [0.25, 0.3) is 0 Å². The van der Waals surface area contributed by atoms with Gasteiger partial charge in [-0.15, -0.1) is 0 Å². The Balaban J connectivity index is 1.67. The molecule has 3 heteroatoms. The number of amides is 1. The number of nitrogens with zero attached hydrogens (tertiary/aromatic N) is 1. The van der Waals surface area contributed by atoms with Crippen molar-refractivity contribution >= 4 is 5.91 Å². The topological polar surface area (TPSA) is 20.3 Å². The fourth-order valence-electron chi connectivity index (χ4n) is 4.33. The van der Waals surface area contributed by atoms with Crippen LogP contribution in [0.15, 0.2) is 42.5 Å². The maximum absolute atomic E-state index is 15.2. The van der Waals surface area contributed by atoms with Gasteiger partial charge in [-0.1, -0.05) is 42.0 Å². The van der Waals surface area contributed by atoms with Crippen molar-refractivity contribution in [3.05, 3.63) is 59.4 Å². The Hall–Kier alpha value is -2.16. The summed E-state index contributed by atoms with van der Waals surface area (Å²) in [5.41, 5.74) is 3.68. The van der Waals surface area contributed by atoms with Crippen molar-refractivity contribution in [1.29, 1.82) is 0 Å². The van der Waals surface area contributed by atoms with Crippen molar-refractivity contribution in [1.82, 2.24) is 4.90 Å². The predicted molar refractivity (Wildman–Crippen MR) is 97.7 cm³/mol. The maximum atomic E-state index is 15.2.